The van der Waals surface area contributed by atoms with Crippen molar-refractivity contribution in [2.75, 3.05) is 7.05 Å². The molecule has 1 aromatic carbocycles. The molecule has 5 nitrogen and oxygen atoms in total. The SMILES string of the molecule is CNC(Cc1nnn(C)n1)Cc1c(F)cccc1F. The fourth-order valence-electron chi connectivity index (χ4n) is 1.88. The molecule has 1 aromatic heterocycles. The molecule has 2 aromatic rings. The lowest BCUT2D eigenvalue weighted by Gasteiger charge is -2.15. The van der Waals surface area contributed by atoms with Crippen LogP contribution >= 0.6 is 0 Å². The van der Waals surface area contributed by atoms with Crippen molar-refractivity contribution in [3.8, 4) is 0 Å². The van der Waals surface area contributed by atoms with E-state index in [2.05, 4.69) is 20.7 Å². The number of nitrogens with one attached hydrogen (secondary N) is 1. The second-order valence-corrected chi connectivity index (χ2v) is 4.29. The molecule has 0 aliphatic heterocycles. The van der Waals surface area contributed by atoms with Gasteiger partial charge in [-0.15, -0.1) is 10.2 Å². The number of tetrazole rings is 1. The van der Waals surface area contributed by atoms with Gasteiger partial charge >= 0.3 is 0 Å². The number of nitrogens with zero attached hydrogens (tertiary/aromatic N) is 4. The molecule has 0 aliphatic carbocycles. The zero-order valence-electron chi connectivity index (χ0n) is 10.8. The molecule has 0 bridgehead atoms. The molecule has 1 atom stereocenters. The van der Waals surface area contributed by atoms with Gasteiger partial charge in [-0.3, -0.25) is 0 Å². The molecule has 0 aliphatic rings. The van der Waals surface area contributed by atoms with Crippen LogP contribution in [0.3, 0.4) is 0 Å². The molecule has 1 N–H and O–H groups in total. The molecule has 1 unspecified atom stereocenters. The number of hydrogen-bond donors (Lipinski definition) is 1. The molecule has 0 saturated heterocycles. The summed E-state index contributed by atoms with van der Waals surface area (Å²) in [6.45, 7) is 0. The van der Waals surface area contributed by atoms with Crippen LogP contribution in [0, 0.1) is 11.6 Å². The first-order valence-electron chi connectivity index (χ1n) is 5.93. The quantitative estimate of drug-likeness (QED) is 0.873. The normalized spacial score (nSPS) is 12.6. The Balaban J connectivity index is 2.11. The maximum Gasteiger partial charge on any atom is 0.176 e. The molecule has 0 radical (unpaired) electrons. The Hall–Kier alpha value is -1.89. The minimum atomic E-state index is -0.535. The largest absolute Gasteiger partial charge is 0.316 e. The monoisotopic (exact) mass is 267 g/mol. The van der Waals surface area contributed by atoms with Crippen LogP contribution in [0.25, 0.3) is 0 Å². The Morgan fingerprint density at radius 1 is 1.26 bits per heavy atom. The van der Waals surface area contributed by atoms with Crippen molar-refractivity contribution in [1.82, 2.24) is 25.5 Å². The van der Waals surface area contributed by atoms with Crippen LogP contribution in [0.4, 0.5) is 8.78 Å². The highest BCUT2D eigenvalue weighted by Gasteiger charge is 2.16. The predicted molar refractivity (Wildman–Crippen MR) is 65.4 cm³/mol. The van der Waals surface area contributed by atoms with Crippen molar-refractivity contribution in [2.24, 2.45) is 7.05 Å². The van der Waals surface area contributed by atoms with Crippen LogP contribution in [-0.2, 0) is 19.9 Å². The third kappa shape index (κ3) is 3.31. The van der Waals surface area contributed by atoms with Gasteiger partial charge < -0.3 is 5.32 Å². The van der Waals surface area contributed by atoms with E-state index < -0.39 is 11.6 Å². The van der Waals surface area contributed by atoms with Crippen molar-refractivity contribution in [1.29, 1.82) is 0 Å². The van der Waals surface area contributed by atoms with Gasteiger partial charge in [0.25, 0.3) is 0 Å². The van der Waals surface area contributed by atoms with Crippen molar-refractivity contribution in [3.63, 3.8) is 0 Å². The van der Waals surface area contributed by atoms with Gasteiger partial charge in [-0.2, -0.15) is 4.80 Å². The van der Waals surface area contributed by atoms with Gasteiger partial charge in [0.2, 0.25) is 0 Å². The van der Waals surface area contributed by atoms with E-state index in [1.807, 2.05) is 0 Å². The second-order valence-electron chi connectivity index (χ2n) is 4.29. The lowest BCUT2D eigenvalue weighted by Crippen LogP contribution is -2.31. The van der Waals surface area contributed by atoms with Gasteiger partial charge in [0, 0.05) is 18.0 Å². The van der Waals surface area contributed by atoms with Crippen molar-refractivity contribution in [3.05, 3.63) is 41.2 Å². The predicted octanol–water partition coefficient (Wildman–Crippen LogP) is 0.861. The maximum atomic E-state index is 13.6. The molecule has 102 valence electrons. The number of rotatable bonds is 5. The van der Waals surface area contributed by atoms with Crippen molar-refractivity contribution >= 4 is 0 Å². The van der Waals surface area contributed by atoms with Crippen LogP contribution in [0.15, 0.2) is 18.2 Å². The first kappa shape index (κ1) is 13.5. The van der Waals surface area contributed by atoms with Gasteiger partial charge in [0.05, 0.1) is 7.05 Å². The van der Waals surface area contributed by atoms with Crippen LogP contribution in [0.2, 0.25) is 0 Å². The highest BCUT2D eigenvalue weighted by atomic mass is 19.1. The fourth-order valence-corrected chi connectivity index (χ4v) is 1.88. The summed E-state index contributed by atoms with van der Waals surface area (Å²) in [6.07, 6.45) is 0.686. The van der Waals surface area contributed by atoms with Gasteiger partial charge in [0.1, 0.15) is 11.6 Å². The topological polar surface area (TPSA) is 55.6 Å². The summed E-state index contributed by atoms with van der Waals surface area (Å²) >= 11 is 0. The number of aromatic nitrogens is 4. The van der Waals surface area contributed by atoms with Crippen molar-refractivity contribution < 1.29 is 8.78 Å². The lowest BCUT2D eigenvalue weighted by atomic mass is 10.0. The van der Waals surface area contributed by atoms with E-state index in [4.69, 9.17) is 0 Å². The average molecular weight is 267 g/mol. The maximum absolute atomic E-state index is 13.6. The minimum Gasteiger partial charge on any atom is -0.316 e. The Labute approximate surface area is 109 Å². The van der Waals surface area contributed by atoms with E-state index in [0.717, 1.165) is 0 Å². The molecular weight excluding hydrogens is 252 g/mol. The minimum absolute atomic E-state index is 0.0748. The smallest absolute Gasteiger partial charge is 0.176 e. The number of likely N-dealkylation sites (N-methyl/N-ethyl adjacent to an activating group) is 1. The van der Waals surface area contributed by atoms with Crippen molar-refractivity contribution in [2.45, 2.75) is 18.9 Å². The van der Waals surface area contributed by atoms with Gasteiger partial charge in [-0.05, 0) is 30.8 Å². The van der Waals surface area contributed by atoms with Crippen LogP contribution in [0.1, 0.15) is 11.4 Å². The van der Waals surface area contributed by atoms with Gasteiger partial charge in [-0.1, -0.05) is 6.07 Å². The summed E-state index contributed by atoms with van der Waals surface area (Å²) in [7, 11) is 3.40. The molecular formula is C12H15F2N5. The summed E-state index contributed by atoms with van der Waals surface area (Å²) in [6, 6.07) is 3.71. The number of hydrogen-bond acceptors (Lipinski definition) is 4. The summed E-state index contributed by atoms with van der Waals surface area (Å²) in [4.78, 5) is 1.35. The fraction of sp³-hybridized carbons (Fsp3) is 0.417. The summed E-state index contributed by atoms with van der Waals surface area (Å²) < 4.78 is 27.1. The zero-order chi connectivity index (χ0) is 13.8. The molecule has 7 heteroatoms. The van der Waals surface area contributed by atoms with Gasteiger partial charge in [-0.25, -0.2) is 8.78 Å². The van der Waals surface area contributed by atoms with E-state index in [0.29, 0.717) is 12.2 Å². The van der Waals surface area contributed by atoms with E-state index >= 15 is 0 Å². The van der Waals surface area contributed by atoms with E-state index in [1.54, 1.807) is 14.1 Å². The first-order valence-corrected chi connectivity index (χ1v) is 5.93. The standard InChI is InChI=1S/C12H15F2N5/c1-15-8(7-12-16-18-19(2)17-12)6-9-10(13)4-3-5-11(9)14/h3-5,8,15H,6-7H2,1-2H3. The van der Waals surface area contributed by atoms with E-state index in [9.17, 15) is 8.78 Å². The van der Waals surface area contributed by atoms with Crippen LogP contribution in [-0.4, -0.2) is 33.3 Å². The zero-order valence-corrected chi connectivity index (χ0v) is 10.8. The number of halogens is 2. The van der Waals surface area contributed by atoms with Gasteiger partial charge in [0.15, 0.2) is 5.82 Å². The van der Waals surface area contributed by atoms with Crippen LogP contribution < -0.4 is 5.32 Å². The average Bonchev–Trinajstić information content (AvgIpc) is 2.78. The molecule has 1 heterocycles. The lowest BCUT2D eigenvalue weighted by molar-refractivity contribution is 0.495. The van der Waals surface area contributed by atoms with Crippen LogP contribution in [0.5, 0.6) is 0 Å². The highest BCUT2D eigenvalue weighted by Crippen LogP contribution is 2.15. The molecule has 0 saturated carbocycles. The first-order chi connectivity index (χ1) is 9.10. The molecule has 0 spiro atoms. The van der Waals surface area contributed by atoms with E-state index in [-0.39, 0.29) is 18.0 Å². The number of aryl methyl sites for hydroxylation is 1. The summed E-state index contributed by atoms with van der Waals surface area (Å²) in [5.74, 6) is -0.529. The second kappa shape index (κ2) is 5.83. The molecule has 0 fully saturated rings. The summed E-state index contributed by atoms with van der Waals surface area (Å²) in [5, 5.41) is 14.7. The third-order valence-corrected chi connectivity index (χ3v) is 2.90. The number of benzene rings is 1. The van der Waals surface area contributed by atoms with E-state index in [1.165, 1.54) is 23.0 Å². The highest BCUT2D eigenvalue weighted by molar-refractivity contribution is 5.21. The summed E-state index contributed by atoms with van der Waals surface area (Å²) in [5.41, 5.74) is 0.0748. The Morgan fingerprint density at radius 3 is 2.47 bits per heavy atom. The Bertz CT molecular complexity index is 535. The Kier molecular flexibility index (Phi) is 4.16. The Morgan fingerprint density at radius 2 is 1.95 bits per heavy atom. The molecule has 2 rings (SSSR count). The third-order valence-electron chi connectivity index (χ3n) is 2.90. The molecule has 19 heavy (non-hydrogen) atoms. The molecule has 0 amide bonds.